The van der Waals surface area contributed by atoms with Gasteiger partial charge in [0.15, 0.2) is 0 Å². The lowest BCUT2D eigenvalue weighted by Gasteiger charge is -2.07. The lowest BCUT2D eigenvalue weighted by molar-refractivity contribution is 0.102. The number of aryl methyl sites for hydroxylation is 1. The van der Waals surface area contributed by atoms with Crippen LogP contribution in [0, 0.1) is 10.5 Å². The van der Waals surface area contributed by atoms with Crippen molar-refractivity contribution in [3.63, 3.8) is 0 Å². The van der Waals surface area contributed by atoms with E-state index in [0.29, 0.717) is 10.6 Å². The predicted octanol–water partition coefficient (Wildman–Crippen LogP) is 4.51. The summed E-state index contributed by atoms with van der Waals surface area (Å²) >= 11 is 8.10. The van der Waals surface area contributed by atoms with Gasteiger partial charge in [0.1, 0.15) is 0 Å². The fourth-order valence-electron chi connectivity index (χ4n) is 1.50. The van der Waals surface area contributed by atoms with Crippen LogP contribution in [-0.4, -0.2) is 5.91 Å². The van der Waals surface area contributed by atoms with E-state index in [9.17, 15) is 4.79 Å². The molecule has 0 spiro atoms. The summed E-state index contributed by atoms with van der Waals surface area (Å²) in [6, 6.07) is 12.7. The minimum Gasteiger partial charge on any atom is -0.322 e. The quantitative estimate of drug-likeness (QED) is 0.774. The van der Waals surface area contributed by atoms with Crippen molar-refractivity contribution in [2.75, 3.05) is 5.32 Å². The molecule has 2 aromatic carbocycles. The van der Waals surface area contributed by atoms with Gasteiger partial charge in [0.2, 0.25) is 0 Å². The summed E-state index contributed by atoms with van der Waals surface area (Å²) in [5.41, 5.74) is 2.53. The van der Waals surface area contributed by atoms with Crippen LogP contribution < -0.4 is 5.32 Å². The second kappa shape index (κ2) is 5.71. The summed E-state index contributed by atoms with van der Waals surface area (Å²) < 4.78 is 1.12. The molecule has 2 nitrogen and oxygen atoms in total. The molecule has 0 saturated carbocycles. The van der Waals surface area contributed by atoms with E-state index in [0.717, 1.165) is 9.26 Å². The molecule has 0 aliphatic heterocycles. The van der Waals surface area contributed by atoms with Crippen molar-refractivity contribution in [1.29, 1.82) is 0 Å². The van der Waals surface area contributed by atoms with E-state index in [-0.39, 0.29) is 5.91 Å². The Kier molecular flexibility index (Phi) is 4.24. The summed E-state index contributed by atoms with van der Waals surface area (Å²) in [5.74, 6) is -0.155. The Labute approximate surface area is 124 Å². The molecule has 1 amide bonds. The van der Waals surface area contributed by atoms with Gasteiger partial charge in [-0.25, -0.2) is 0 Å². The Bertz CT molecular complexity index is 598. The molecular formula is C14H11ClINO. The maximum atomic E-state index is 12.0. The van der Waals surface area contributed by atoms with Crippen molar-refractivity contribution in [1.82, 2.24) is 0 Å². The third-order valence-electron chi connectivity index (χ3n) is 2.52. The maximum Gasteiger partial charge on any atom is 0.255 e. The molecule has 0 aliphatic rings. The molecule has 92 valence electrons. The van der Waals surface area contributed by atoms with Crippen LogP contribution in [0.1, 0.15) is 15.9 Å². The minimum absolute atomic E-state index is 0.155. The first-order valence-electron chi connectivity index (χ1n) is 5.39. The first-order chi connectivity index (χ1) is 8.56. The standard InChI is InChI=1S/C14H11ClINO/c1-9-5-6-12(8-13(9)16)17-14(18)10-3-2-4-11(15)7-10/h2-8H,1H3,(H,17,18). The van der Waals surface area contributed by atoms with Gasteiger partial charge in [0, 0.05) is 19.8 Å². The van der Waals surface area contributed by atoms with Crippen molar-refractivity contribution in [2.24, 2.45) is 0 Å². The number of carbonyl (C=O) groups excluding carboxylic acids is 1. The first kappa shape index (κ1) is 13.4. The van der Waals surface area contributed by atoms with Crippen LogP contribution in [0.25, 0.3) is 0 Å². The summed E-state index contributed by atoms with van der Waals surface area (Å²) in [6.07, 6.45) is 0. The highest BCUT2D eigenvalue weighted by atomic mass is 127. The van der Waals surface area contributed by atoms with Crippen LogP contribution in [0.15, 0.2) is 42.5 Å². The Morgan fingerprint density at radius 3 is 2.67 bits per heavy atom. The lowest BCUT2D eigenvalue weighted by Crippen LogP contribution is -2.11. The zero-order valence-electron chi connectivity index (χ0n) is 9.71. The molecule has 0 heterocycles. The fourth-order valence-corrected chi connectivity index (χ4v) is 2.21. The van der Waals surface area contributed by atoms with E-state index in [2.05, 4.69) is 27.9 Å². The van der Waals surface area contributed by atoms with Crippen LogP contribution in [0.2, 0.25) is 5.02 Å². The molecule has 1 N–H and O–H groups in total. The fraction of sp³-hybridized carbons (Fsp3) is 0.0714. The van der Waals surface area contributed by atoms with E-state index in [4.69, 9.17) is 11.6 Å². The van der Waals surface area contributed by atoms with Crippen molar-refractivity contribution in [3.05, 3.63) is 62.2 Å². The van der Waals surface area contributed by atoms with Crippen molar-refractivity contribution in [3.8, 4) is 0 Å². The number of hydrogen-bond acceptors (Lipinski definition) is 1. The molecule has 0 aliphatic carbocycles. The molecule has 2 aromatic rings. The number of rotatable bonds is 2. The highest BCUT2D eigenvalue weighted by Gasteiger charge is 2.07. The zero-order valence-corrected chi connectivity index (χ0v) is 12.6. The monoisotopic (exact) mass is 371 g/mol. The Hall–Kier alpha value is -1.07. The van der Waals surface area contributed by atoms with Gasteiger partial charge in [-0.1, -0.05) is 23.7 Å². The Morgan fingerprint density at radius 2 is 2.00 bits per heavy atom. The Morgan fingerprint density at radius 1 is 1.22 bits per heavy atom. The molecule has 0 aromatic heterocycles. The molecule has 2 rings (SSSR count). The van der Waals surface area contributed by atoms with E-state index < -0.39 is 0 Å². The second-order valence-electron chi connectivity index (χ2n) is 3.93. The topological polar surface area (TPSA) is 29.1 Å². The number of anilines is 1. The third-order valence-corrected chi connectivity index (χ3v) is 3.91. The highest BCUT2D eigenvalue weighted by Crippen LogP contribution is 2.18. The van der Waals surface area contributed by atoms with Gasteiger partial charge in [-0.15, -0.1) is 0 Å². The average Bonchev–Trinajstić information content (AvgIpc) is 2.34. The van der Waals surface area contributed by atoms with E-state index in [1.807, 2.05) is 25.1 Å². The molecular weight excluding hydrogens is 361 g/mol. The molecule has 0 saturated heterocycles. The van der Waals surface area contributed by atoms with Gasteiger partial charge in [0.05, 0.1) is 0 Å². The summed E-state index contributed by atoms with van der Waals surface area (Å²) in [7, 11) is 0. The summed E-state index contributed by atoms with van der Waals surface area (Å²) in [4.78, 5) is 12.0. The zero-order chi connectivity index (χ0) is 13.1. The maximum absolute atomic E-state index is 12.0. The van der Waals surface area contributed by atoms with Gasteiger partial charge in [-0.05, 0) is 65.4 Å². The number of benzene rings is 2. The smallest absolute Gasteiger partial charge is 0.255 e. The van der Waals surface area contributed by atoms with Crippen molar-refractivity contribution < 1.29 is 4.79 Å². The summed E-state index contributed by atoms with van der Waals surface area (Å²) in [5, 5.41) is 3.41. The molecule has 0 unspecified atom stereocenters. The van der Waals surface area contributed by atoms with Crippen LogP contribution in [0.3, 0.4) is 0 Å². The highest BCUT2D eigenvalue weighted by molar-refractivity contribution is 14.1. The number of carbonyl (C=O) groups is 1. The van der Waals surface area contributed by atoms with Gasteiger partial charge in [-0.2, -0.15) is 0 Å². The van der Waals surface area contributed by atoms with E-state index >= 15 is 0 Å². The predicted molar refractivity (Wildman–Crippen MR) is 83.3 cm³/mol. The minimum atomic E-state index is -0.155. The summed E-state index contributed by atoms with van der Waals surface area (Å²) in [6.45, 7) is 2.03. The Balaban J connectivity index is 2.18. The van der Waals surface area contributed by atoms with Crippen molar-refractivity contribution in [2.45, 2.75) is 6.92 Å². The van der Waals surface area contributed by atoms with Gasteiger partial charge in [0.25, 0.3) is 5.91 Å². The molecule has 4 heteroatoms. The van der Waals surface area contributed by atoms with Crippen LogP contribution in [-0.2, 0) is 0 Å². The molecule has 0 fully saturated rings. The molecule has 18 heavy (non-hydrogen) atoms. The van der Waals surface area contributed by atoms with Crippen LogP contribution >= 0.6 is 34.2 Å². The van der Waals surface area contributed by atoms with Gasteiger partial charge >= 0.3 is 0 Å². The average molecular weight is 372 g/mol. The van der Waals surface area contributed by atoms with E-state index in [1.54, 1.807) is 24.3 Å². The number of nitrogens with one attached hydrogen (secondary N) is 1. The molecule has 0 radical (unpaired) electrons. The molecule has 0 bridgehead atoms. The van der Waals surface area contributed by atoms with Gasteiger partial charge in [-0.3, -0.25) is 4.79 Å². The third kappa shape index (κ3) is 3.23. The van der Waals surface area contributed by atoms with Crippen LogP contribution in [0.5, 0.6) is 0 Å². The van der Waals surface area contributed by atoms with Crippen molar-refractivity contribution >= 4 is 45.8 Å². The normalized spacial score (nSPS) is 10.2. The largest absolute Gasteiger partial charge is 0.322 e. The molecule has 0 atom stereocenters. The lowest BCUT2D eigenvalue weighted by atomic mass is 10.2. The van der Waals surface area contributed by atoms with Crippen LogP contribution in [0.4, 0.5) is 5.69 Å². The second-order valence-corrected chi connectivity index (χ2v) is 5.53. The number of amides is 1. The first-order valence-corrected chi connectivity index (χ1v) is 6.85. The van der Waals surface area contributed by atoms with E-state index in [1.165, 1.54) is 5.56 Å². The number of hydrogen-bond donors (Lipinski definition) is 1. The SMILES string of the molecule is Cc1ccc(NC(=O)c2cccc(Cl)c2)cc1I. The van der Waals surface area contributed by atoms with Gasteiger partial charge < -0.3 is 5.32 Å². The number of halogens is 2.